The van der Waals surface area contributed by atoms with Crippen molar-refractivity contribution in [1.29, 1.82) is 0 Å². The molecule has 1 saturated heterocycles. The van der Waals surface area contributed by atoms with Crippen molar-refractivity contribution in [3.8, 4) is 0 Å². The molecule has 0 aromatic carbocycles. The molecule has 0 spiro atoms. The zero-order valence-corrected chi connectivity index (χ0v) is 19.0. The molecule has 2 unspecified atom stereocenters. The second-order valence-corrected chi connectivity index (χ2v) is 7.93. The van der Waals surface area contributed by atoms with Gasteiger partial charge in [-0.15, -0.1) is 5.06 Å². The fraction of sp³-hybridized carbons (Fsp3) is 0.769. The third-order valence-electron chi connectivity index (χ3n) is 4.10. The van der Waals surface area contributed by atoms with Crippen molar-refractivity contribution in [2.75, 3.05) is 0 Å². The van der Waals surface area contributed by atoms with Gasteiger partial charge in [0.15, 0.2) is 6.17 Å². The van der Waals surface area contributed by atoms with E-state index >= 15 is 0 Å². The van der Waals surface area contributed by atoms with Gasteiger partial charge in [-0.1, -0.05) is 0 Å². The van der Waals surface area contributed by atoms with Crippen LogP contribution in [0.25, 0.3) is 0 Å². The second-order valence-electron chi connectivity index (χ2n) is 6.38. The summed E-state index contributed by atoms with van der Waals surface area (Å²) in [6.45, 7) is 0. The number of carbonyl (C=O) groups is 3. The maximum absolute atomic E-state index is 13.6. The van der Waals surface area contributed by atoms with Gasteiger partial charge in [0.05, 0.1) is 12.8 Å². The number of carbonyl (C=O) groups excluding carboxylic acids is 3. The molecular weight excluding hydrogens is 546 g/mol. The number of rotatable bonds is 10. The van der Waals surface area contributed by atoms with Crippen molar-refractivity contribution in [3.63, 3.8) is 0 Å². The molecule has 2 amide bonds. The van der Waals surface area contributed by atoms with Gasteiger partial charge in [0, 0.05) is 0 Å². The molecule has 0 aromatic rings. The fourth-order valence-electron chi connectivity index (χ4n) is 2.23. The molecule has 0 bridgehead atoms. The van der Waals surface area contributed by atoms with E-state index in [-0.39, 0.29) is 29.6 Å². The van der Waals surface area contributed by atoms with Gasteiger partial charge in [-0.3, -0.25) is 9.59 Å². The summed E-state index contributed by atoms with van der Waals surface area (Å²) in [5.74, 6) is -34.3. The zero-order valence-electron chi connectivity index (χ0n) is 16.2. The Hall–Kier alpha value is -1.25. The molecule has 192 valence electrons. The zero-order chi connectivity index (χ0) is 26.4. The minimum Gasteiger partial charge on any atom is -0.747 e. The summed E-state index contributed by atoms with van der Waals surface area (Å²) in [6.07, 6.45) is -15.5. The summed E-state index contributed by atoms with van der Waals surface area (Å²) in [6, 6.07) is 0. The van der Waals surface area contributed by atoms with E-state index in [0.29, 0.717) is 0 Å². The number of alkyl halides is 11. The Morgan fingerprint density at radius 2 is 1.44 bits per heavy atom. The van der Waals surface area contributed by atoms with E-state index in [1.807, 2.05) is 0 Å². The summed E-state index contributed by atoms with van der Waals surface area (Å²) in [4.78, 5) is 38.2. The fourth-order valence-corrected chi connectivity index (χ4v) is 2.92. The van der Waals surface area contributed by atoms with Crippen LogP contribution in [0.3, 0.4) is 0 Å². The second kappa shape index (κ2) is 10.4. The molecule has 1 fully saturated rings. The molecule has 0 radical (unpaired) electrons. The number of imide groups is 1. The van der Waals surface area contributed by atoms with Gasteiger partial charge in [0.2, 0.25) is 0 Å². The molecule has 1 aliphatic heterocycles. The Balaban J connectivity index is 0.0000109. The van der Waals surface area contributed by atoms with Crippen LogP contribution >= 0.6 is 0 Å². The van der Waals surface area contributed by atoms with Crippen molar-refractivity contribution < 1.29 is 110 Å². The minimum atomic E-state index is -7.46. The van der Waals surface area contributed by atoms with Gasteiger partial charge in [0.1, 0.15) is 15.4 Å². The van der Waals surface area contributed by atoms with Crippen molar-refractivity contribution in [2.24, 2.45) is 0 Å². The molecule has 0 saturated carbocycles. The minimum absolute atomic E-state index is 0. The van der Waals surface area contributed by atoms with Crippen LogP contribution in [0.2, 0.25) is 0 Å². The summed E-state index contributed by atoms with van der Waals surface area (Å²) in [7, 11) is -5.43. The van der Waals surface area contributed by atoms with Crippen LogP contribution in [0.15, 0.2) is 0 Å². The first kappa shape index (κ1) is 32.8. The first-order valence-corrected chi connectivity index (χ1v) is 9.46. The normalized spacial score (nSPS) is 19.3. The third kappa shape index (κ3) is 5.76. The number of nitrogens with zero attached hydrogens (tertiary/aromatic N) is 1. The third-order valence-corrected chi connectivity index (χ3v) is 5.17. The molecule has 1 aliphatic rings. The molecular formula is C13H9F11NNaO7S. The van der Waals surface area contributed by atoms with Crippen LogP contribution in [0.4, 0.5) is 48.3 Å². The maximum Gasteiger partial charge on any atom is 1.00 e. The summed E-state index contributed by atoms with van der Waals surface area (Å²) >= 11 is 0. The van der Waals surface area contributed by atoms with E-state index in [0.717, 1.165) is 0 Å². The van der Waals surface area contributed by atoms with Gasteiger partial charge >= 0.3 is 65.6 Å². The number of hydroxylamine groups is 2. The van der Waals surface area contributed by atoms with E-state index in [1.165, 1.54) is 0 Å². The molecule has 1 rings (SSSR count). The predicted molar refractivity (Wildman–Crippen MR) is 76.0 cm³/mol. The number of hydrogen-bond donors (Lipinski definition) is 0. The molecule has 0 N–H and O–H groups in total. The number of hydrogen-bond acceptors (Lipinski definition) is 7. The van der Waals surface area contributed by atoms with Crippen LogP contribution in [0.5, 0.6) is 0 Å². The molecule has 0 aromatic heterocycles. The largest absolute Gasteiger partial charge is 1.00 e. The first-order valence-electron chi connectivity index (χ1n) is 7.99. The molecule has 0 aliphatic carbocycles. The molecule has 21 heteroatoms. The average Bonchev–Trinajstić information content (AvgIpc) is 2.93. The van der Waals surface area contributed by atoms with E-state index < -0.39 is 93.8 Å². The Bertz CT molecular complexity index is 915. The van der Waals surface area contributed by atoms with Gasteiger partial charge < -0.3 is 9.39 Å². The van der Waals surface area contributed by atoms with Gasteiger partial charge in [0.25, 0.3) is 11.8 Å². The van der Waals surface area contributed by atoms with E-state index in [4.69, 9.17) is 0 Å². The van der Waals surface area contributed by atoms with Crippen LogP contribution in [-0.4, -0.2) is 77.4 Å². The quantitative estimate of drug-likeness (QED) is 0.148. The topological polar surface area (TPSA) is 121 Å². The van der Waals surface area contributed by atoms with Crippen molar-refractivity contribution >= 4 is 27.9 Å². The smallest absolute Gasteiger partial charge is 0.747 e. The van der Waals surface area contributed by atoms with Gasteiger partial charge in [-0.05, 0) is 6.42 Å². The van der Waals surface area contributed by atoms with Crippen molar-refractivity contribution in [2.45, 2.75) is 60.8 Å². The Kier molecular flexibility index (Phi) is 10.0. The van der Waals surface area contributed by atoms with E-state index in [1.54, 1.807) is 0 Å². The summed E-state index contributed by atoms with van der Waals surface area (Å²) < 4.78 is 175. The monoisotopic (exact) mass is 555 g/mol. The van der Waals surface area contributed by atoms with Crippen molar-refractivity contribution in [3.05, 3.63) is 0 Å². The number of amides is 2. The van der Waals surface area contributed by atoms with E-state index in [2.05, 4.69) is 4.84 Å². The summed E-state index contributed by atoms with van der Waals surface area (Å²) in [5.41, 5.74) is 0. The van der Waals surface area contributed by atoms with Crippen molar-refractivity contribution in [1.82, 2.24) is 5.06 Å². The van der Waals surface area contributed by atoms with Crippen LogP contribution in [-0.2, 0) is 29.3 Å². The molecule has 8 nitrogen and oxygen atoms in total. The van der Waals surface area contributed by atoms with Crippen LogP contribution in [0, 0.1) is 0 Å². The number of halogens is 11. The molecule has 1 heterocycles. The molecule has 34 heavy (non-hydrogen) atoms. The van der Waals surface area contributed by atoms with Gasteiger partial charge in [-0.2, -0.15) is 35.1 Å². The Morgan fingerprint density at radius 3 is 1.82 bits per heavy atom. The SMILES string of the molecule is O=C(CCC(F)C(F)(F)C(F)(F)C(F)(F)C(F)(F)C(F)F)ON1C(=O)CC(S(=O)(=O)[O-])C1=O.[Na+]. The van der Waals surface area contributed by atoms with Gasteiger partial charge in [-0.25, -0.2) is 26.4 Å². The average molecular weight is 555 g/mol. The standard InChI is InChI=1S/C13H10F11NO7S.Na/c14-5(10(17,18)12(21,22)13(23,24)11(19,20)9(15)16)1-2-7(27)32-25-6(26)3-4(8(25)28)33(29,30)31;/h4-5,9H,1-3H2,(H,29,30,31);/q;+1/p-1. The Labute approximate surface area is 203 Å². The maximum atomic E-state index is 13.6. The summed E-state index contributed by atoms with van der Waals surface area (Å²) in [5, 5.41) is -3.19. The Morgan fingerprint density at radius 1 is 1.00 bits per heavy atom. The molecule has 2 atom stereocenters. The van der Waals surface area contributed by atoms with Crippen LogP contribution < -0.4 is 29.6 Å². The van der Waals surface area contributed by atoms with E-state index in [9.17, 15) is 75.6 Å². The predicted octanol–water partition coefficient (Wildman–Crippen LogP) is -0.954. The van der Waals surface area contributed by atoms with Crippen LogP contribution in [0.1, 0.15) is 19.3 Å². The first-order chi connectivity index (χ1) is 14.5.